The molecule has 1 fully saturated rings. The second-order valence-corrected chi connectivity index (χ2v) is 7.81. The summed E-state index contributed by atoms with van der Waals surface area (Å²) in [7, 11) is 4.32. The van der Waals surface area contributed by atoms with Gasteiger partial charge in [0.1, 0.15) is 0 Å². The van der Waals surface area contributed by atoms with Crippen molar-refractivity contribution in [3.63, 3.8) is 0 Å². The van der Waals surface area contributed by atoms with E-state index in [9.17, 15) is 0 Å². The van der Waals surface area contributed by atoms with Crippen LogP contribution in [0.15, 0.2) is 48.5 Å². The van der Waals surface area contributed by atoms with E-state index in [2.05, 4.69) is 77.8 Å². The van der Waals surface area contributed by atoms with E-state index in [1.54, 1.807) is 0 Å². The van der Waals surface area contributed by atoms with E-state index < -0.39 is 0 Å². The smallest absolute Gasteiger partial charge is 0.0456 e. The third-order valence-corrected chi connectivity index (χ3v) is 6.16. The van der Waals surface area contributed by atoms with Crippen LogP contribution in [-0.4, -0.2) is 30.5 Å². The lowest BCUT2D eigenvalue weighted by Crippen LogP contribution is -2.32. The summed E-state index contributed by atoms with van der Waals surface area (Å²) in [5, 5.41) is 4.83. The molecule has 2 aromatic carbocycles. The van der Waals surface area contributed by atoms with E-state index in [4.69, 9.17) is 0 Å². The highest BCUT2D eigenvalue weighted by molar-refractivity contribution is 5.80. The first-order valence-electron chi connectivity index (χ1n) is 9.27. The molecule has 1 unspecified atom stereocenters. The summed E-state index contributed by atoms with van der Waals surface area (Å²) in [6.45, 7) is 2.11. The molecule has 2 aliphatic rings. The van der Waals surface area contributed by atoms with Crippen LogP contribution in [-0.2, 0) is 12.1 Å². The second kappa shape index (κ2) is 5.45. The average molecular weight is 331 g/mol. The quantitative estimate of drug-likeness (QED) is 0.761. The molecule has 2 N–H and O–H groups in total. The standard InChI is InChI=1S/C22H25N3/c1-23-22(9-10-22)17-7-8-18-16(11-17)13-25(2)14-19(18)21-12-15-5-3-4-6-20(15)24-21/h3-8,11-12,19,23-24H,9-10,13-14H2,1-2H3. The highest BCUT2D eigenvalue weighted by Crippen LogP contribution is 2.46. The number of hydrogen-bond acceptors (Lipinski definition) is 2. The minimum Gasteiger partial charge on any atom is -0.358 e. The van der Waals surface area contributed by atoms with Crippen LogP contribution in [0.5, 0.6) is 0 Å². The largest absolute Gasteiger partial charge is 0.358 e. The summed E-state index contributed by atoms with van der Waals surface area (Å²) in [5.74, 6) is 0.417. The molecular weight excluding hydrogens is 306 g/mol. The average Bonchev–Trinajstić information content (AvgIpc) is 3.32. The molecule has 3 nitrogen and oxygen atoms in total. The number of para-hydroxylation sites is 1. The normalized spacial score (nSPS) is 22.1. The van der Waals surface area contributed by atoms with Crippen molar-refractivity contribution in [1.82, 2.24) is 15.2 Å². The summed E-state index contributed by atoms with van der Waals surface area (Å²) in [6.07, 6.45) is 2.51. The highest BCUT2D eigenvalue weighted by atomic mass is 15.1. The zero-order valence-electron chi connectivity index (χ0n) is 15.0. The van der Waals surface area contributed by atoms with Gasteiger partial charge in [-0.3, -0.25) is 0 Å². The Morgan fingerprint density at radius 3 is 2.72 bits per heavy atom. The van der Waals surface area contributed by atoms with Crippen molar-refractivity contribution in [2.45, 2.75) is 30.8 Å². The van der Waals surface area contributed by atoms with Gasteiger partial charge >= 0.3 is 0 Å². The highest BCUT2D eigenvalue weighted by Gasteiger charge is 2.43. The predicted molar refractivity (Wildman–Crippen MR) is 103 cm³/mol. The van der Waals surface area contributed by atoms with Gasteiger partial charge in [0.25, 0.3) is 0 Å². The van der Waals surface area contributed by atoms with E-state index in [-0.39, 0.29) is 5.54 Å². The zero-order valence-corrected chi connectivity index (χ0v) is 15.0. The van der Waals surface area contributed by atoms with E-state index in [0.29, 0.717) is 5.92 Å². The van der Waals surface area contributed by atoms with Crippen LogP contribution < -0.4 is 5.32 Å². The van der Waals surface area contributed by atoms with Crippen LogP contribution in [0.2, 0.25) is 0 Å². The van der Waals surface area contributed by atoms with Crippen molar-refractivity contribution in [3.8, 4) is 0 Å². The van der Waals surface area contributed by atoms with Gasteiger partial charge in [-0.2, -0.15) is 0 Å². The maximum atomic E-state index is 3.66. The predicted octanol–water partition coefficient (Wildman–Crippen LogP) is 3.95. The third-order valence-electron chi connectivity index (χ3n) is 6.16. The molecule has 5 rings (SSSR count). The van der Waals surface area contributed by atoms with E-state index in [1.165, 1.54) is 46.1 Å². The topological polar surface area (TPSA) is 31.1 Å². The monoisotopic (exact) mass is 331 g/mol. The fourth-order valence-electron chi connectivity index (χ4n) is 4.50. The van der Waals surface area contributed by atoms with Crippen LogP contribution in [0, 0.1) is 0 Å². The van der Waals surface area contributed by atoms with Crippen LogP contribution in [0.3, 0.4) is 0 Å². The Kier molecular flexibility index (Phi) is 3.31. The third kappa shape index (κ3) is 2.42. The minimum absolute atomic E-state index is 0.238. The molecule has 0 amide bonds. The molecule has 0 spiro atoms. The van der Waals surface area contributed by atoms with Crippen LogP contribution in [0.4, 0.5) is 0 Å². The lowest BCUT2D eigenvalue weighted by Gasteiger charge is -2.33. The molecule has 3 aromatic rings. The maximum absolute atomic E-state index is 3.66. The van der Waals surface area contributed by atoms with Crippen molar-refractivity contribution in [3.05, 3.63) is 70.9 Å². The van der Waals surface area contributed by atoms with E-state index >= 15 is 0 Å². The van der Waals surface area contributed by atoms with Gasteiger partial charge in [0.15, 0.2) is 0 Å². The lowest BCUT2D eigenvalue weighted by atomic mass is 9.85. The molecule has 1 aliphatic heterocycles. The Morgan fingerprint density at radius 1 is 1.12 bits per heavy atom. The van der Waals surface area contributed by atoms with Gasteiger partial charge in [-0.05, 0) is 61.1 Å². The molecule has 25 heavy (non-hydrogen) atoms. The number of likely N-dealkylation sites (N-methyl/N-ethyl adjacent to an activating group) is 1. The zero-order chi connectivity index (χ0) is 17.0. The van der Waals surface area contributed by atoms with Crippen LogP contribution >= 0.6 is 0 Å². The van der Waals surface area contributed by atoms with Crippen molar-refractivity contribution in [2.24, 2.45) is 0 Å². The van der Waals surface area contributed by atoms with Gasteiger partial charge in [0, 0.05) is 35.8 Å². The van der Waals surface area contributed by atoms with Gasteiger partial charge in [0.05, 0.1) is 0 Å². The molecule has 0 radical (unpaired) electrons. The number of aromatic nitrogens is 1. The summed E-state index contributed by atoms with van der Waals surface area (Å²) < 4.78 is 0. The van der Waals surface area contributed by atoms with Gasteiger partial charge in [0.2, 0.25) is 0 Å². The van der Waals surface area contributed by atoms with Gasteiger partial charge in [-0.25, -0.2) is 0 Å². The lowest BCUT2D eigenvalue weighted by molar-refractivity contribution is 0.293. The first kappa shape index (κ1) is 15.2. The first-order chi connectivity index (χ1) is 12.2. The number of nitrogens with zero attached hydrogens (tertiary/aromatic N) is 1. The number of benzene rings is 2. The van der Waals surface area contributed by atoms with E-state index in [0.717, 1.165) is 13.1 Å². The molecule has 1 atom stereocenters. The van der Waals surface area contributed by atoms with Crippen molar-refractivity contribution in [2.75, 3.05) is 20.6 Å². The molecule has 1 aromatic heterocycles. The van der Waals surface area contributed by atoms with Crippen molar-refractivity contribution >= 4 is 10.9 Å². The number of fused-ring (bicyclic) bond motifs is 2. The van der Waals surface area contributed by atoms with Gasteiger partial charge in [-0.15, -0.1) is 0 Å². The Labute approximate surface area is 149 Å². The fourth-order valence-corrected chi connectivity index (χ4v) is 4.50. The summed E-state index contributed by atoms with van der Waals surface area (Å²) in [4.78, 5) is 6.10. The van der Waals surface area contributed by atoms with Crippen molar-refractivity contribution in [1.29, 1.82) is 0 Å². The van der Waals surface area contributed by atoms with Gasteiger partial charge in [-0.1, -0.05) is 36.4 Å². The Balaban J connectivity index is 1.58. The molecule has 0 saturated heterocycles. The molecule has 0 bridgehead atoms. The number of hydrogen-bond donors (Lipinski definition) is 2. The molecule has 2 heterocycles. The van der Waals surface area contributed by atoms with Gasteiger partial charge < -0.3 is 15.2 Å². The second-order valence-electron chi connectivity index (χ2n) is 7.81. The number of aromatic amines is 1. The molecule has 3 heteroatoms. The number of nitrogens with one attached hydrogen (secondary N) is 2. The first-order valence-corrected chi connectivity index (χ1v) is 9.27. The molecular formula is C22H25N3. The summed E-state index contributed by atoms with van der Waals surface area (Å²) >= 11 is 0. The summed E-state index contributed by atoms with van der Waals surface area (Å²) in [5.41, 5.74) is 7.23. The maximum Gasteiger partial charge on any atom is 0.0456 e. The molecule has 1 saturated carbocycles. The molecule has 128 valence electrons. The Morgan fingerprint density at radius 2 is 1.96 bits per heavy atom. The SMILES string of the molecule is CNC1(c2ccc3c(c2)CN(C)CC3c2cc3ccccc3[nH]2)CC1. The van der Waals surface area contributed by atoms with Crippen molar-refractivity contribution < 1.29 is 0 Å². The Hall–Kier alpha value is -2.10. The minimum atomic E-state index is 0.238. The summed E-state index contributed by atoms with van der Waals surface area (Å²) in [6, 6.07) is 18.1. The van der Waals surface area contributed by atoms with E-state index in [1.807, 2.05) is 0 Å². The number of H-pyrrole nitrogens is 1. The fraction of sp³-hybridized carbons (Fsp3) is 0.364. The van der Waals surface area contributed by atoms with Crippen LogP contribution in [0.1, 0.15) is 41.1 Å². The van der Waals surface area contributed by atoms with Crippen LogP contribution in [0.25, 0.3) is 10.9 Å². The Bertz CT molecular complexity index is 902. The number of rotatable bonds is 3. The molecule has 1 aliphatic carbocycles.